The molecule has 0 aliphatic rings. The van der Waals surface area contributed by atoms with E-state index in [-0.39, 0.29) is 0 Å². The predicted octanol–water partition coefficient (Wildman–Crippen LogP) is 11.5. The Kier molecular flexibility index (Phi) is 7.69. The van der Waals surface area contributed by atoms with Crippen molar-refractivity contribution in [2.45, 2.75) is 0 Å². The first kappa shape index (κ1) is 31.3. The molecule has 0 N–H and O–H groups in total. The Balaban J connectivity index is 1.60. The van der Waals surface area contributed by atoms with Crippen LogP contribution in [0.2, 0.25) is 0 Å². The molecule has 0 radical (unpaired) electrons. The fraction of sp³-hybridized carbons (Fsp3) is 0. The number of benzene rings is 8. The van der Waals surface area contributed by atoms with Crippen molar-refractivity contribution in [2.24, 2.45) is 0 Å². The largest absolute Gasteiger partial charge is 0.149 e. The predicted molar refractivity (Wildman–Crippen MR) is 218 cm³/mol. The van der Waals surface area contributed by atoms with E-state index in [1.807, 2.05) is 24.3 Å². The van der Waals surface area contributed by atoms with E-state index in [1.54, 1.807) is 0 Å². The molecule has 2 aromatic heterocycles. The molecular formula is C48H30N6. The zero-order valence-electron chi connectivity index (χ0n) is 29.0. The molecule has 0 spiro atoms. The van der Waals surface area contributed by atoms with Crippen LogP contribution in [0.15, 0.2) is 182 Å². The molecule has 252 valence electrons. The molecule has 0 unspecified atom stereocenters. The van der Waals surface area contributed by atoms with Crippen LogP contribution in [0, 0.1) is 0 Å². The molecule has 10 rings (SSSR count). The molecule has 10 aromatic rings. The van der Waals surface area contributed by atoms with Gasteiger partial charge in [0.2, 0.25) is 0 Å². The van der Waals surface area contributed by atoms with Gasteiger partial charge in [-0.05, 0) is 54.9 Å². The van der Waals surface area contributed by atoms with Crippen LogP contribution in [0.1, 0.15) is 0 Å². The van der Waals surface area contributed by atoms with Crippen molar-refractivity contribution in [1.82, 2.24) is 30.8 Å². The van der Waals surface area contributed by atoms with Crippen LogP contribution in [0.5, 0.6) is 0 Å². The molecular weight excluding hydrogens is 661 g/mol. The normalized spacial score (nSPS) is 11.3. The van der Waals surface area contributed by atoms with Gasteiger partial charge in [0.05, 0.1) is 0 Å². The van der Waals surface area contributed by atoms with Crippen LogP contribution in [0.4, 0.5) is 0 Å². The van der Waals surface area contributed by atoms with Crippen molar-refractivity contribution >= 4 is 32.7 Å². The quantitative estimate of drug-likeness (QED) is 0.162. The second kappa shape index (κ2) is 13.3. The maximum absolute atomic E-state index is 5.02. The molecule has 0 saturated carbocycles. The Morgan fingerprint density at radius 3 is 0.981 bits per heavy atom. The maximum atomic E-state index is 5.02. The van der Waals surface area contributed by atoms with E-state index in [1.165, 1.54) is 0 Å². The highest BCUT2D eigenvalue weighted by Crippen LogP contribution is 2.55. The topological polar surface area (TPSA) is 77.3 Å². The van der Waals surface area contributed by atoms with Crippen LogP contribution in [0.25, 0.3) is 99.6 Å². The van der Waals surface area contributed by atoms with Gasteiger partial charge in [-0.3, -0.25) is 0 Å². The molecule has 54 heavy (non-hydrogen) atoms. The van der Waals surface area contributed by atoms with Crippen LogP contribution >= 0.6 is 0 Å². The number of fused-ring (bicyclic) bond motifs is 6. The van der Waals surface area contributed by atoms with Gasteiger partial charge in [-0.15, -0.1) is 20.4 Å². The third-order valence-electron chi connectivity index (χ3n) is 10.1. The number of nitrogens with zero attached hydrogens (tertiary/aromatic N) is 6. The minimum absolute atomic E-state index is 0.541. The SMILES string of the molecule is c1ccc(-c2nnc3c4nnnnc4c4c(-c5ccccc5)c(-c5ccccc5)c(-c5ccccc5)c(-c5ccccc5)c4c3c2-c2ccccc2)cc1. The van der Waals surface area contributed by atoms with Gasteiger partial charge >= 0.3 is 0 Å². The average molecular weight is 691 g/mol. The standard InChI is InChI=1S/C48H30N6/c1-7-19-31(20-8-1)37-38(32-21-9-2-10-22-32)40(34-25-13-4-14-26-34)43-42(39(37)33-23-11-3-12-24-33)44-41(35-27-15-5-16-28-35)45(36-29-17-6-18-30-36)49-50-46(44)48-47(43)51-53-54-52-48/h1-30H. The minimum Gasteiger partial charge on any atom is -0.149 e. The molecule has 6 nitrogen and oxygen atoms in total. The summed E-state index contributed by atoms with van der Waals surface area (Å²) in [7, 11) is 0. The molecule has 8 aromatic carbocycles. The smallest absolute Gasteiger partial charge is 0.144 e. The Labute approximate surface area is 311 Å². The summed E-state index contributed by atoms with van der Waals surface area (Å²) in [5, 5.41) is 30.6. The van der Waals surface area contributed by atoms with E-state index in [2.05, 4.69) is 168 Å². The van der Waals surface area contributed by atoms with Gasteiger partial charge in [0.15, 0.2) is 0 Å². The van der Waals surface area contributed by atoms with Crippen LogP contribution in [0.3, 0.4) is 0 Å². The highest BCUT2D eigenvalue weighted by atomic mass is 15.4. The summed E-state index contributed by atoms with van der Waals surface area (Å²) < 4.78 is 0. The summed E-state index contributed by atoms with van der Waals surface area (Å²) in [5.74, 6) is 0. The lowest BCUT2D eigenvalue weighted by Gasteiger charge is -2.26. The summed E-state index contributed by atoms with van der Waals surface area (Å²) in [6, 6.07) is 63.3. The molecule has 0 saturated heterocycles. The number of hydrogen-bond acceptors (Lipinski definition) is 6. The van der Waals surface area contributed by atoms with Crippen molar-refractivity contribution in [2.75, 3.05) is 0 Å². The van der Waals surface area contributed by atoms with E-state index >= 15 is 0 Å². The summed E-state index contributed by atoms with van der Waals surface area (Å²) in [5.41, 5.74) is 14.0. The number of hydrogen-bond donors (Lipinski definition) is 0. The zero-order valence-corrected chi connectivity index (χ0v) is 29.0. The Hall–Kier alpha value is -7.44. The molecule has 2 heterocycles. The summed E-state index contributed by atoms with van der Waals surface area (Å²) in [6.07, 6.45) is 0. The number of aromatic nitrogens is 6. The van der Waals surface area contributed by atoms with E-state index in [0.717, 1.165) is 83.1 Å². The second-order valence-electron chi connectivity index (χ2n) is 13.2. The van der Waals surface area contributed by atoms with Gasteiger partial charge in [0.25, 0.3) is 0 Å². The van der Waals surface area contributed by atoms with Crippen molar-refractivity contribution < 1.29 is 0 Å². The van der Waals surface area contributed by atoms with Gasteiger partial charge in [-0.25, -0.2) is 0 Å². The summed E-state index contributed by atoms with van der Waals surface area (Å²) >= 11 is 0. The fourth-order valence-corrected chi connectivity index (χ4v) is 7.89. The lowest BCUT2D eigenvalue weighted by Crippen LogP contribution is -2.04. The highest BCUT2D eigenvalue weighted by molar-refractivity contribution is 6.35. The lowest BCUT2D eigenvalue weighted by molar-refractivity contribution is 0.799. The lowest BCUT2D eigenvalue weighted by atomic mass is 9.77. The minimum atomic E-state index is 0.541. The van der Waals surface area contributed by atoms with E-state index in [4.69, 9.17) is 20.4 Å². The first-order chi connectivity index (χ1) is 26.9. The Morgan fingerprint density at radius 2 is 0.537 bits per heavy atom. The molecule has 0 fully saturated rings. The fourth-order valence-electron chi connectivity index (χ4n) is 7.89. The Bertz CT molecular complexity index is 2920. The van der Waals surface area contributed by atoms with E-state index in [0.29, 0.717) is 16.6 Å². The molecule has 0 atom stereocenters. The zero-order chi connectivity index (χ0) is 35.8. The van der Waals surface area contributed by atoms with Crippen molar-refractivity contribution in [3.05, 3.63) is 182 Å². The van der Waals surface area contributed by atoms with E-state index in [9.17, 15) is 0 Å². The molecule has 0 aliphatic carbocycles. The van der Waals surface area contributed by atoms with Gasteiger partial charge in [-0.2, -0.15) is 0 Å². The molecule has 0 aliphatic heterocycles. The second-order valence-corrected chi connectivity index (χ2v) is 13.2. The van der Waals surface area contributed by atoms with Gasteiger partial charge in [0.1, 0.15) is 22.2 Å². The van der Waals surface area contributed by atoms with Crippen molar-refractivity contribution in [3.63, 3.8) is 0 Å². The summed E-state index contributed by atoms with van der Waals surface area (Å²) in [6.45, 7) is 0. The van der Waals surface area contributed by atoms with Crippen LogP contribution < -0.4 is 0 Å². The van der Waals surface area contributed by atoms with Gasteiger partial charge in [0, 0.05) is 32.8 Å². The van der Waals surface area contributed by atoms with Crippen molar-refractivity contribution in [3.8, 4) is 66.9 Å². The molecule has 0 amide bonds. The van der Waals surface area contributed by atoms with Crippen LogP contribution in [-0.2, 0) is 0 Å². The average Bonchev–Trinajstić information content (AvgIpc) is 3.27. The monoisotopic (exact) mass is 690 g/mol. The van der Waals surface area contributed by atoms with Crippen LogP contribution in [-0.4, -0.2) is 30.8 Å². The number of rotatable bonds is 6. The van der Waals surface area contributed by atoms with Gasteiger partial charge in [-0.1, -0.05) is 182 Å². The molecule has 6 heteroatoms. The van der Waals surface area contributed by atoms with Gasteiger partial charge < -0.3 is 0 Å². The van der Waals surface area contributed by atoms with Crippen molar-refractivity contribution in [1.29, 1.82) is 0 Å². The first-order valence-corrected chi connectivity index (χ1v) is 17.9. The summed E-state index contributed by atoms with van der Waals surface area (Å²) in [4.78, 5) is 0. The third kappa shape index (κ3) is 5.12. The maximum Gasteiger partial charge on any atom is 0.144 e. The Morgan fingerprint density at radius 1 is 0.222 bits per heavy atom. The molecule has 0 bridgehead atoms. The third-order valence-corrected chi connectivity index (χ3v) is 10.1. The van der Waals surface area contributed by atoms with E-state index < -0.39 is 0 Å². The highest BCUT2D eigenvalue weighted by Gasteiger charge is 2.30. The first-order valence-electron chi connectivity index (χ1n) is 17.9.